The van der Waals surface area contributed by atoms with Gasteiger partial charge in [-0.25, -0.2) is 4.79 Å². The second-order valence-electron chi connectivity index (χ2n) is 3.80. The van der Waals surface area contributed by atoms with E-state index in [0.717, 1.165) is 6.07 Å². The van der Waals surface area contributed by atoms with Gasteiger partial charge in [0.1, 0.15) is 0 Å². The maximum absolute atomic E-state index is 12.2. The SMILES string of the molecule is CN(CCC#N)C(=O)Nc1ccccc1OC(F)(F)F. The van der Waals surface area contributed by atoms with Crippen LogP contribution in [0.3, 0.4) is 0 Å². The van der Waals surface area contributed by atoms with Crippen LogP contribution in [-0.2, 0) is 0 Å². The zero-order valence-electron chi connectivity index (χ0n) is 10.6. The smallest absolute Gasteiger partial charge is 0.404 e. The topological polar surface area (TPSA) is 65.4 Å². The van der Waals surface area contributed by atoms with Crippen molar-refractivity contribution in [1.82, 2.24) is 4.90 Å². The summed E-state index contributed by atoms with van der Waals surface area (Å²) in [6.07, 6.45) is -4.71. The molecule has 1 N–H and O–H groups in total. The quantitative estimate of drug-likeness (QED) is 0.925. The summed E-state index contributed by atoms with van der Waals surface area (Å²) in [5, 5.41) is 10.7. The van der Waals surface area contributed by atoms with E-state index in [2.05, 4.69) is 10.1 Å². The maximum atomic E-state index is 12.2. The lowest BCUT2D eigenvalue weighted by Gasteiger charge is -2.18. The number of hydrogen-bond acceptors (Lipinski definition) is 3. The summed E-state index contributed by atoms with van der Waals surface area (Å²) in [6, 6.07) is 6.45. The maximum Gasteiger partial charge on any atom is 0.573 e. The van der Waals surface area contributed by atoms with E-state index < -0.39 is 18.1 Å². The highest BCUT2D eigenvalue weighted by molar-refractivity contribution is 5.90. The van der Waals surface area contributed by atoms with Crippen LogP contribution in [0.2, 0.25) is 0 Å². The van der Waals surface area contributed by atoms with Crippen LogP contribution in [-0.4, -0.2) is 30.9 Å². The van der Waals surface area contributed by atoms with Gasteiger partial charge in [-0.2, -0.15) is 5.26 Å². The van der Waals surface area contributed by atoms with Crippen molar-refractivity contribution in [3.8, 4) is 11.8 Å². The Labute approximate surface area is 113 Å². The Balaban J connectivity index is 2.77. The number of carbonyl (C=O) groups excluding carboxylic acids is 1. The molecule has 108 valence electrons. The van der Waals surface area contributed by atoms with Crippen LogP contribution in [0.5, 0.6) is 5.75 Å². The molecular formula is C12H12F3N3O2. The van der Waals surface area contributed by atoms with Gasteiger partial charge in [-0.05, 0) is 12.1 Å². The Morgan fingerprint density at radius 2 is 2.10 bits per heavy atom. The molecule has 8 heteroatoms. The molecule has 5 nitrogen and oxygen atoms in total. The van der Waals surface area contributed by atoms with Crippen LogP contribution in [0.4, 0.5) is 23.7 Å². The molecule has 1 rings (SSSR count). The molecule has 0 aromatic heterocycles. The van der Waals surface area contributed by atoms with Gasteiger partial charge in [-0.3, -0.25) is 0 Å². The summed E-state index contributed by atoms with van der Waals surface area (Å²) in [6.45, 7) is 0.171. The van der Waals surface area contributed by atoms with Crippen LogP contribution in [0, 0.1) is 11.3 Å². The molecule has 0 saturated carbocycles. The third-order valence-electron chi connectivity index (χ3n) is 2.26. The summed E-state index contributed by atoms with van der Waals surface area (Å²) in [7, 11) is 1.43. The minimum absolute atomic E-state index is 0.0985. The molecule has 2 amide bonds. The molecule has 0 spiro atoms. The number of anilines is 1. The van der Waals surface area contributed by atoms with Crippen molar-refractivity contribution in [2.75, 3.05) is 18.9 Å². The second-order valence-corrected chi connectivity index (χ2v) is 3.80. The minimum atomic E-state index is -4.84. The number of para-hydroxylation sites is 2. The number of halogens is 3. The molecule has 1 aromatic carbocycles. The van der Waals surface area contributed by atoms with Crippen molar-refractivity contribution < 1.29 is 22.7 Å². The van der Waals surface area contributed by atoms with Crippen molar-refractivity contribution in [2.24, 2.45) is 0 Å². The highest BCUT2D eigenvalue weighted by Crippen LogP contribution is 2.29. The summed E-state index contributed by atoms with van der Waals surface area (Å²) < 4.78 is 40.4. The molecule has 0 atom stereocenters. The van der Waals surface area contributed by atoms with Crippen molar-refractivity contribution >= 4 is 11.7 Å². The number of rotatable bonds is 4. The van der Waals surface area contributed by atoms with Gasteiger partial charge in [0.25, 0.3) is 0 Å². The molecule has 0 aliphatic carbocycles. The number of hydrogen-bond donors (Lipinski definition) is 1. The Kier molecular flexibility index (Phi) is 5.20. The van der Waals surface area contributed by atoms with Gasteiger partial charge in [0.05, 0.1) is 18.2 Å². The van der Waals surface area contributed by atoms with E-state index in [0.29, 0.717) is 0 Å². The number of nitrogens with zero attached hydrogens (tertiary/aromatic N) is 2. The highest BCUT2D eigenvalue weighted by atomic mass is 19.4. The molecular weight excluding hydrogens is 275 g/mol. The van der Waals surface area contributed by atoms with Crippen LogP contribution < -0.4 is 10.1 Å². The number of carbonyl (C=O) groups is 1. The molecule has 0 bridgehead atoms. The molecule has 0 saturated heterocycles. The molecule has 0 radical (unpaired) electrons. The van der Waals surface area contributed by atoms with Gasteiger partial charge in [0, 0.05) is 13.6 Å². The van der Waals surface area contributed by atoms with Gasteiger partial charge < -0.3 is 15.0 Å². The summed E-state index contributed by atoms with van der Waals surface area (Å²) in [5.74, 6) is -0.498. The second kappa shape index (κ2) is 6.65. The van der Waals surface area contributed by atoms with Gasteiger partial charge in [-0.15, -0.1) is 13.2 Å². The molecule has 0 heterocycles. The van der Waals surface area contributed by atoms with Crippen LogP contribution in [0.1, 0.15) is 6.42 Å². The zero-order valence-corrected chi connectivity index (χ0v) is 10.6. The Bertz CT molecular complexity index is 511. The Morgan fingerprint density at radius 1 is 1.45 bits per heavy atom. The Morgan fingerprint density at radius 3 is 2.70 bits per heavy atom. The fourth-order valence-electron chi connectivity index (χ4n) is 1.31. The third-order valence-corrected chi connectivity index (χ3v) is 2.26. The molecule has 1 aromatic rings. The van der Waals surface area contributed by atoms with Crippen molar-refractivity contribution in [1.29, 1.82) is 5.26 Å². The summed E-state index contributed by atoms with van der Waals surface area (Å²) >= 11 is 0. The summed E-state index contributed by atoms with van der Waals surface area (Å²) in [4.78, 5) is 12.9. The lowest BCUT2D eigenvalue weighted by molar-refractivity contribution is -0.274. The van der Waals surface area contributed by atoms with E-state index >= 15 is 0 Å². The predicted molar refractivity (Wildman–Crippen MR) is 65.0 cm³/mol. The van der Waals surface area contributed by atoms with Gasteiger partial charge in [0.15, 0.2) is 5.75 Å². The number of benzene rings is 1. The van der Waals surface area contributed by atoms with Gasteiger partial charge in [0.2, 0.25) is 0 Å². The molecule has 20 heavy (non-hydrogen) atoms. The van der Waals surface area contributed by atoms with Gasteiger partial charge >= 0.3 is 12.4 Å². The first kappa shape index (κ1) is 15.6. The fourth-order valence-corrected chi connectivity index (χ4v) is 1.31. The molecule has 0 aliphatic heterocycles. The average Bonchev–Trinajstić information content (AvgIpc) is 2.36. The number of nitrogens with one attached hydrogen (secondary N) is 1. The zero-order chi connectivity index (χ0) is 15.2. The van der Waals surface area contributed by atoms with E-state index in [1.54, 1.807) is 0 Å². The van der Waals surface area contributed by atoms with Gasteiger partial charge in [-0.1, -0.05) is 12.1 Å². The first-order valence-corrected chi connectivity index (χ1v) is 5.57. The normalized spacial score (nSPS) is 10.6. The van der Waals surface area contributed by atoms with Crippen LogP contribution >= 0.6 is 0 Å². The minimum Gasteiger partial charge on any atom is -0.404 e. The third kappa shape index (κ3) is 5.06. The lowest BCUT2D eigenvalue weighted by Crippen LogP contribution is -2.32. The summed E-state index contributed by atoms with van der Waals surface area (Å²) in [5.41, 5.74) is -0.0985. The van der Waals surface area contributed by atoms with Crippen LogP contribution in [0.15, 0.2) is 24.3 Å². The van der Waals surface area contributed by atoms with Crippen molar-refractivity contribution in [2.45, 2.75) is 12.8 Å². The first-order valence-electron chi connectivity index (χ1n) is 5.57. The fraction of sp³-hybridized carbons (Fsp3) is 0.333. The number of urea groups is 1. The lowest BCUT2D eigenvalue weighted by atomic mass is 10.3. The van der Waals surface area contributed by atoms with E-state index in [9.17, 15) is 18.0 Å². The Hall–Kier alpha value is -2.43. The molecule has 0 aliphatic rings. The first-order chi connectivity index (χ1) is 9.33. The van der Waals surface area contributed by atoms with E-state index in [1.165, 1.54) is 30.1 Å². The number of ether oxygens (including phenoxy) is 1. The van der Waals surface area contributed by atoms with Crippen molar-refractivity contribution in [3.63, 3.8) is 0 Å². The largest absolute Gasteiger partial charge is 0.573 e. The number of amides is 2. The number of alkyl halides is 3. The monoisotopic (exact) mass is 287 g/mol. The van der Waals surface area contributed by atoms with E-state index in [4.69, 9.17) is 5.26 Å². The molecule has 0 unspecified atom stereocenters. The standard InChI is InChI=1S/C12H12F3N3O2/c1-18(8-4-7-16)11(19)17-9-5-2-3-6-10(9)20-12(13,14)15/h2-3,5-6H,4,8H2,1H3,(H,17,19). The predicted octanol–water partition coefficient (Wildman–Crippen LogP) is 2.96. The van der Waals surface area contributed by atoms with E-state index in [-0.39, 0.29) is 18.7 Å². The number of nitriles is 1. The molecule has 0 fully saturated rings. The van der Waals surface area contributed by atoms with E-state index in [1.807, 2.05) is 6.07 Å². The average molecular weight is 287 g/mol. The van der Waals surface area contributed by atoms with Crippen LogP contribution in [0.25, 0.3) is 0 Å². The highest BCUT2D eigenvalue weighted by Gasteiger charge is 2.32. The van der Waals surface area contributed by atoms with Crippen molar-refractivity contribution in [3.05, 3.63) is 24.3 Å².